The summed E-state index contributed by atoms with van der Waals surface area (Å²) in [5.74, 6) is 0.309. The van der Waals surface area contributed by atoms with Gasteiger partial charge in [-0.05, 0) is 55.7 Å². The van der Waals surface area contributed by atoms with Crippen LogP contribution in [0.4, 0.5) is 0 Å². The topological polar surface area (TPSA) is 23.6 Å². The van der Waals surface area contributed by atoms with E-state index in [0.29, 0.717) is 18.4 Å². The minimum atomic E-state index is 0.309. The van der Waals surface area contributed by atoms with E-state index in [0.717, 1.165) is 32.5 Å². The van der Waals surface area contributed by atoms with Crippen LogP contribution in [-0.4, -0.2) is 48.4 Å². The van der Waals surface area contributed by atoms with Crippen molar-refractivity contribution in [2.75, 3.05) is 26.7 Å². The summed E-state index contributed by atoms with van der Waals surface area (Å²) in [7, 11) is 2.13. The average molecular weight is 266 g/mol. The molecule has 2 rings (SSSR count). The summed E-state index contributed by atoms with van der Waals surface area (Å²) in [5.41, 5.74) is 1.29. The fraction of sp³-hybridized carbons (Fsp3) is 0.643. The number of nitrogens with zero attached hydrogens (tertiary/aromatic N) is 2. The Bertz CT molecular complexity index is 377. The SMILES string of the molecule is C[C@@H]1CN(C)CCCN1C(=O)CCc1ccsc1. The minimum absolute atomic E-state index is 0.309. The Hall–Kier alpha value is -0.870. The van der Waals surface area contributed by atoms with Gasteiger partial charge in [0.2, 0.25) is 5.91 Å². The molecule has 1 aliphatic rings. The van der Waals surface area contributed by atoms with Crippen molar-refractivity contribution in [1.82, 2.24) is 9.80 Å². The van der Waals surface area contributed by atoms with Gasteiger partial charge in [-0.15, -0.1) is 0 Å². The maximum atomic E-state index is 12.3. The number of hydrogen-bond acceptors (Lipinski definition) is 3. The van der Waals surface area contributed by atoms with E-state index in [4.69, 9.17) is 0 Å². The zero-order valence-corrected chi connectivity index (χ0v) is 12.1. The number of carbonyl (C=O) groups is 1. The molecule has 0 saturated carbocycles. The highest BCUT2D eigenvalue weighted by molar-refractivity contribution is 7.07. The Kier molecular flexibility index (Phi) is 4.78. The molecule has 18 heavy (non-hydrogen) atoms. The fourth-order valence-corrected chi connectivity index (χ4v) is 3.28. The molecule has 3 nitrogen and oxygen atoms in total. The second-order valence-corrected chi connectivity index (χ2v) is 5.96. The number of rotatable bonds is 3. The van der Waals surface area contributed by atoms with Crippen molar-refractivity contribution in [1.29, 1.82) is 0 Å². The van der Waals surface area contributed by atoms with E-state index in [9.17, 15) is 4.79 Å². The van der Waals surface area contributed by atoms with E-state index in [1.54, 1.807) is 11.3 Å². The van der Waals surface area contributed by atoms with Crippen LogP contribution in [0.15, 0.2) is 16.8 Å². The van der Waals surface area contributed by atoms with Gasteiger partial charge in [0.25, 0.3) is 0 Å². The lowest BCUT2D eigenvalue weighted by molar-refractivity contribution is -0.133. The monoisotopic (exact) mass is 266 g/mol. The van der Waals surface area contributed by atoms with E-state index < -0.39 is 0 Å². The maximum Gasteiger partial charge on any atom is 0.223 e. The highest BCUT2D eigenvalue weighted by Crippen LogP contribution is 2.13. The van der Waals surface area contributed by atoms with E-state index in [1.807, 2.05) is 0 Å². The highest BCUT2D eigenvalue weighted by atomic mass is 32.1. The maximum absolute atomic E-state index is 12.3. The summed E-state index contributed by atoms with van der Waals surface area (Å²) in [4.78, 5) is 16.7. The first kappa shape index (κ1) is 13.6. The zero-order valence-electron chi connectivity index (χ0n) is 11.3. The van der Waals surface area contributed by atoms with Gasteiger partial charge in [0.1, 0.15) is 0 Å². The lowest BCUT2D eigenvalue weighted by Gasteiger charge is -2.28. The van der Waals surface area contributed by atoms with Gasteiger partial charge in [-0.3, -0.25) is 4.79 Å². The first-order chi connectivity index (χ1) is 8.66. The van der Waals surface area contributed by atoms with Crippen LogP contribution in [0.25, 0.3) is 0 Å². The number of hydrogen-bond donors (Lipinski definition) is 0. The van der Waals surface area contributed by atoms with Crippen molar-refractivity contribution >= 4 is 17.2 Å². The summed E-state index contributed by atoms with van der Waals surface area (Å²) in [5, 5.41) is 4.20. The van der Waals surface area contributed by atoms with Gasteiger partial charge in [0.05, 0.1) is 0 Å². The summed E-state index contributed by atoms with van der Waals surface area (Å²) in [6, 6.07) is 2.45. The van der Waals surface area contributed by atoms with Gasteiger partial charge in [-0.2, -0.15) is 11.3 Å². The number of carbonyl (C=O) groups excluding carboxylic acids is 1. The second-order valence-electron chi connectivity index (χ2n) is 5.18. The first-order valence-corrected chi connectivity index (χ1v) is 7.60. The molecule has 0 bridgehead atoms. The quantitative estimate of drug-likeness (QED) is 0.837. The largest absolute Gasteiger partial charge is 0.339 e. The fourth-order valence-electron chi connectivity index (χ4n) is 2.57. The standard InChI is InChI=1S/C14H22N2OS/c1-12-10-15(2)7-3-8-16(12)14(17)5-4-13-6-9-18-11-13/h6,9,11-12H,3-5,7-8,10H2,1-2H3/t12-/m1/s1. The van der Waals surface area contributed by atoms with Crippen molar-refractivity contribution in [2.24, 2.45) is 0 Å². The van der Waals surface area contributed by atoms with Crippen molar-refractivity contribution in [2.45, 2.75) is 32.2 Å². The Morgan fingerprint density at radius 1 is 1.50 bits per heavy atom. The van der Waals surface area contributed by atoms with Crippen LogP contribution in [0.1, 0.15) is 25.3 Å². The van der Waals surface area contributed by atoms with Crippen LogP contribution in [-0.2, 0) is 11.2 Å². The summed E-state index contributed by atoms with van der Waals surface area (Å²) < 4.78 is 0. The normalized spacial score (nSPS) is 21.9. The summed E-state index contributed by atoms with van der Waals surface area (Å²) in [6.07, 6.45) is 2.61. The van der Waals surface area contributed by atoms with Gasteiger partial charge in [0.15, 0.2) is 0 Å². The lowest BCUT2D eigenvalue weighted by atomic mass is 10.1. The molecule has 100 valence electrons. The van der Waals surface area contributed by atoms with Crippen molar-refractivity contribution < 1.29 is 4.79 Å². The van der Waals surface area contributed by atoms with E-state index in [1.165, 1.54) is 5.56 Å². The molecule has 0 spiro atoms. The molecule has 0 radical (unpaired) electrons. The van der Waals surface area contributed by atoms with Crippen LogP contribution >= 0.6 is 11.3 Å². The molecule has 1 saturated heterocycles. The smallest absolute Gasteiger partial charge is 0.223 e. The summed E-state index contributed by atoms with van der Waals surface area (Å²) >= 11 is 1.70. The third-order valence-corrected chi connectivity index (χ3v) is 4.31. The molecular weight excluding hydrogens is 244 g/mol. The predicted molar refractivity (Wildman–Crippen MR) is 75.9 cm³/mol. The van der Waals surface area contributed by atoms with Gasteiger partial charge in [0, 0.05) is 25.6 Å². The Morgan fingerprint density at radius 2 is 2.33 bits per heavy atom. The van der Waals surface area contributed by atoms with Crippen molar-refractivity contribution in [3.05, 3.63) is 22.4 Å². The third-order valence-electron chi connectivity index (χ3n) is 3.57. The summed E-state index contributed by atoms with van der Waals surface area (Å²) in [6.45, 7) is 5.15. The van der Waals surface area contributed by atoms with Crippen LogP contribution in [0.5, 0.6) is 0 Å². The molecule has 0 aromatic carbocycles. The molecule has 1 aliphatic heterocycles. The molecule has 1 amide bonds. The van der Waals surface area contributed by atoms with E-state index in [-0.39, 0.29) is 0 Å². The third kappa shape index (κ3) is 3.56. The first-order valence-electron chi connectivity index (χ1n) is 6.66. The number of amides is 1. The lowest BCUT2D eigenvalue weighted by Crippen LogP contribution is -2.42. The molecule has 1 atom stereocenters. The number of likely N-dealkylation sites (N-methyl/N-ethyl adjacent to an activating group) is 1. The van der Waals surface area contributed by atoms with E-state index in [2.05, 4.69) is 40.6 Å². The predicted octanol–water partition coefficient (Wildman–Crippen LogP) is 2.23. The molecule has 0 N–H and O–H groups in total. The Morgan fingerprint density at radius 3 is 3.06 bits per heavy atom. The molecule has 0 unspecified atom stereocenters. The molecule has 4 heteroatoms. The van der Waals surface area contributed by atoms with Gasteiger partial charge in [-0.25, -0.2) is 0 Å². The molecule has 1 aromatic heterocycles. The minimum Gasteiger partial charge on any atom is -0.339 e. The van der Waals surface area contributed by atoms with Gasteiger partial charge >= 0.3 is 0 Å². The Balaban J connectivity index is 1.87. The molecule has 0 aliphatic carbocycles. The molecule has 1 fully saturated rings. The molecule has 1 aromatic rings. The van der Waals surface area contributed by atoms with Crippen LogP contribution in [0.2, 0.25) is 0 Å². The van der Waals surface area contributed by atoms with Gasteiger partial charge < -0.3 is 9.80 Å². The van der Waals surface area contributed by atoms with Crippen LogP contribution < -0.4 is 0 Å². The number of aryl methyl sites for hydroxylation is 1. The van der Waals surface area contributed by atoms with Crippen LogP contribution in [0, 0.1) is 0 Å². The molecule has 2 heterocycles. The highest BCUT2D eigenvalue weighted by Gasteiger charge is 2.23. The van der Waals surface area contributed by atoms with Crippen molar-refractivity contribution in [3.8, 4) is 0 Å². The van der Waals surface area contributed by atoms with Crippen LogP contribution in [0.3, 0.4) is 0 Å². The Labute approximate surface area is 113 Å². The van der Waals surface area contributed by atoms with E-state index >= 15 is 0 Å². The van der Waals surface area contributed by atoms with Crippen molar-refractivity contribution in [3.63, 3.8) is 0 Å². The average Bonchev–Trinajstić information content (AvgIpc) is 2.78. The zero-order chi connectivity index (χ0) is 13.0. The molecular formula is C14H22N2OS. The second kappa shape index (κ2) is 6.34. The van der Waals surface area contributed by atoms with Gasteiger partial charge in [-0.1, -0.05) is 0 Å². The number of thiophene rings is 1.